The number of halogens is 3. The zero-order chi connectivity index (χ0) is 16.5. The van der Waals surface area contributed by atoms with Gasteiger partial charge in [0.1, 0.15) is 5.00 Å². The molecule has 2 rings (SSSR count). The van der Waals surface area contributed by atoms with E-state index in [0.717, 1.165) is 23.7 Å². The van der Waals surface area contributed by atoms with Crippen LogP contribution in [0.25, 0.3) is 0 Å². The average molecular weight is 352 g/mol. The molecule has 118 valence electrons. The van der Waals surface area contributed by atoms with Crippen molar-refractivity contribution in [3.63, 3.8) is 0 Å². The summed E-state index contributed by atoms with van der Waals surface area (Å²) in [6, 6.07) is 3.60. The summed E-state index contributed by atoms with van der Waals surface area (Å²) in [5, 5.41) is 8.46. The molecule has 0 atom stereocenters. The van der Waals surface area contributed by atoms with Gasteiger partial charge in [-0.1, -0.05) is 12.1 Å². The van der Waals surface area contributed by atoms with Gasteiger partial charge in [0.25, 0.3) is 10.0 Å². The van der Waals surface area contributed by atoms with Crippen molar-refractivity contribution in [2.45, 2.75) is 11.1 Å². The van der Waals surface area contributed by atoms with Gasteiger partial charge in [0.2, 0.25) is 0 Å². The Morgan fingerprint density at radius 3 is 2.50 bits per heavy atom. The lowest BCUT2D eigenvalue weighted by atomic mass is 10.2. The molecule has 0 unspecified atom stereocenters. The Hall–Kier alpha value is -2.14. The van der Waals surface area contributed by atoms with Gasteiger partial charge >= 0.3 is 12.1 Å². The minimum atomic E-state index is -4.87. The molecule has 0 saturated heterocycles. The van der Waals surface area contributed by atoms with Gasteiger partial charge < -0.3 is 5.11 Å². The molecule has 0 bridgehead atoms. The van der Waals surface area contributed by atoms with Crippen LogP contribution in [0.1, 0.15) is 16.1 Å². The van der Waals surface area contributed by atoms with Crippen molar-refractivity contribution in [1.29, 1.82) is 0 Å². The standard InChI is InChI=1S/C11H7F3N2O4S2/c12-11(13,14)6-3-1-2-4-7(6)22(19,20)16-9-8(10(17)18)15-5-21-9/h1-5,16H,(H,17,18). The Kier molecular flexibility index (Phi) is 4.11. The smallest absolute Gasteiger partial charge is 0.417 e. The van der Waals surface area contributed by atoms with Crippen LogP contribution in [0.2, 0.25) is 0 Å². The molecular weight excluding hydrogens is 345 g/mol. The predicted molar refractivity (Wildman–Crippen MR) is 71.3 cm³/mol. The van der Waals surface area contributed by atoms with Crippen molar-refractivity contribution in [2.75, 3.05) is 4.72 Å². The lowest BCUT2D eigenvalue weighted by Crippen LogP contribution is -2.19. The molecule has 1 aromatic heterocycles. The van der Waals surface area contributed by atoms with Gasteiger partial charge in [-0.05, 0) is 12.1 Å². The third-order valence-electron chi connectivity index (χ3n) is 2.48. The highest BCUT2D eigenvalue weighted by molar-refractivity contribution is 7.93. The number of benzene rings is 1. The monoisotopic (exact) mass is 352 g/mol. The number of alkyl halides is 3. The molecule has 0 spiro atoms. The van der Waals surface area contributed by atoms with E-state index in [9.17, 15) is 26.4 Å². The minimum absolute atomic E-state index is 0.371. The zero-order valence-electron chi connectivity index (χ0n) is 10.5. The van der Waals surface area contributed by atoms with E-state index in [1.165, 1.54) is 0 Å². The molecule has 0 aliphatic carbocycles. The highest BCUT2D eigenvalue weighted by atomic mass is 32.2. The van der Waals surface area contributed by atoms with Crippen LogP contribution in [0, 0.1) is 0 Å². The molecule has 0 amide bonds. The number of carboxylic acids is 1. The second-order valence-electron chi connectivity index (χ2n) is 3.93. The summed E-state index contributed by atoms with van der Waals surface area (Å²) in [5.41, 5.74) is -0.862. The zero-order valence-corrected chi connectivity index (χ0v) is 12.1. The van der Waals surface area contributed by atoms with Gasteiger partial charge in [0, 0.05) is 0 Å². The number of sulfonamides is 1. The van der Waals surface area contributed by atoms with Crippen molar-refractivity contribution in [3.8, 4) is 0 Å². The van der Waals surface area contributed by atoms with Crippen LogP contribution in [-0.2, 0) is 16.2 Å². The van der Waals surface area contributed by atoms with Crippen LogP contribution >= 0.6 is 11.3 Å². The Morgan fingerprint density at radius 1 is 1.27 bits per heavy atom. The van der Waals surface area contributed by atoms with Crippen LogP contribution in [0.3, 0.4) is 0 Å². The van der Waals surface area contributed by atoms with Crippen LogP contribution in [0.4, 0.5) is 18.2 Å². The van der Waals surface area contributed by atoms with E-state index in [0.29, 0.717) is 17.4 Å². The largest absolute Gasteiger partial charge is 0.476 e. The number of thiazole rings is 1. The molecule has 2 aromatic rings. The fourth-order valence-corrected chi connectivity index (χ4v) is 3.80. The van der Waals surface area contributed by atoms with Crippen molar-refractivity contribution in [2.24, 2.45) is 0 Å². The third kappa shape index (κ3) is 3.20. The molecule has 1 heterocycles. The first-order valence-electron chi connectivity index (χ1n) is 5.49. The number of carbonyl (C=O) groups is 1. The van der Waals surface area contributed by atoms with E-state index in [1.807, 2.05) is 4.72 Å². The lowest BCUT2D eigenvalue weighted by Gasteiger charge is -2.13. The Bertz CT molecular complexity index is 815. The summed E-state index contributed by atoms with van der Waals surface area (Å²) in [5.74, 6) is -1.50. The summed E-state index contributed by atoms with van der Waals surface area (Å²) >= 11 is 0.649. The fraction of sp³-hybridized carbons (Fsp3) is 0.0909. The summed E-state index contributed by atoms with van der Waals surface area (Å²) < 4.78 is 64.7. The number of nitrogens with zero attached hydrogens (tertiary/aromatic N) is 1. The number of carboxylic acid groups (broad SMARTS) is 1. The Balaban J connectivity index is 2.49. The number of aromatic nitrogens is 1. The van der Waals surface area contributed by atoms with Gasteiger partial charge in [0.15, 0.2) is 5.69 Å². The predicted octanol–water partition coefficient (Wildman–Crippen LogP) is 2.66. The summed E-state index contributed by atoms with van der Waals surface area (Å²) in [6.07, 6.45) is -4.87. The van der Waals surface area contributed by atoms with Crippen LogP contribution in [0.5, 0.6) is 0 Å². The normalized spacial score (nSPS) is 12.1. The number of hydrogen-bond acceptors (Lipinski definition) is 5. The number of rotatable bonds is 4. The van der Waals surface area contributed by atoms with Crippen LogP contribution in [0.15, 0.2) is 34.7 Å². The first-order chi connectivity index (χ1) is 10.1. The second-order valence-corrected chi connectivity index (χ2v) is 6.44. The van der Waals surface area contributed by atoms with E-state index >= 15 is 0 Å². The van der Waals surface area contributed by atoms with Gasteiger partial charge in [0.05, 0.1) is 16.0 Å². The molecule has 0 fully saturated rings. The van der Waals surface area contributed by atoms with Crippen molar-refractivity contribution in [3.05, 3.63) is 41.0 Å². The molecule has 0 aliphatic heterocycles. The molecule has 1 aromatic carbocycles. The number of hydrogen-bond donors (Lipinski definition) is 2. The summed E-state index contributed by atoms with van der Waals surface area (Å²) in [4.78, 5) is 13.3. The maximum atomic E-state index is 12.9. The van der Waals surface area contributed by atoms with Crippen LogP contribution < -0.4 is 4.72 Å². The van der Waals surface area contributed by atoms with Crippen molar-refractivity contribution in [1.82, 2.24) is 4.98 Å². The highest BCUT2D eigenvalue weighted by Gasteiger charge is 2.37. The second kappa shape index (κ2) is 5.57. The molecular formula is C11H7F3N2O4S2. The third-order valence-corrected chi connectivity index (χ3v) is 4.76. The average Bonchev–Trinajstić information content (AvgIpc) is 2.85. The molecule has 0 aliphatic rings. The first-order valence-corrected chi connectivity index (χ1v) is 7.85. The summed E-state index contributed by atoms with van der Waals surface area (Å²) in [6.45, 7) is 0. The SMILES string of the molecule is O=C(O)c1ncsc1NS(=O)(=O)c1ccccc1C(F)(F)F. The van der Waals surface area contributed by atoms with E-state index in [-0.39, 0.29) is 5.00 Å². The quantitative estimate of drug-likeness (QED) is 0.882. The van der Waals surface area contributed by atoms with Crippen molar-refractivity contribution >= 4 is 32.3 Å². The Labute approximate surface area is 126 Å². The number of aromatic carboxylic acids is 1. The van der Waals surface area contributed by atoms with Gasteiger partial charge in [-0.2, -0.15) is 13.2 Å². The van der Waals surface area contributed by atoms with Gasteiger partial charge in [-0.15, -0.1) is 11.3 Å². The molecule has 2 N–H and O–H groups in total. The number of nitrogens with one attached hydrogen (secondary N) is 1. The lowest BCUT2D eigenvalue weighted by molar-refractivity contribution is -0.139. The molecule has 6 nitrogen and oxygen atoms in total. The molecule has 0 saturated carbocycles. The maximum absolute atomic E-state index is 12.9. The van der Waals surface area contributed by atoms with Crippen LogP contribution in [-0.4, -0.2) is 24.5 Å². The molecule has 0 radical (unpaired) electrons. The highest BCUT2D eigenvalue weighted by Crippen LogP contribution is 2.35. The molecule has 11 heteroatoms. The topological polar surface area (TPSA) is 96.4 Å². The van der Waals surface area contributed by atoms with Gasteiger partial charge in [-0.25, -0.2) is 18.2 Å². The van der Waals surface area contributed by atoms with E-state index in [4.69, 9.17) is 5.11 Å². The Morgan fingerprint density at radius 2 is 1.91 bits per heavy atom. The van der Waals surface area contributed by atoms with E-state index in [1.54, 1.807) is 0 Å². The van der Waals surface area contributed by atoms with E-state index in [2.05, 4.69) is 4.98 Å². The minimum Gasteiger partial charge on any atom is -0.476 e. The fourth-order valence-electron chi connectivity index (χ4n) is 1.58. The van der Waals surface area contributed by atoms with E-state index < -0.39 is 38.3 Å². The molecule has 22 heavy (non-hydrogen) atoms. The maximum Gasteiger partial charge on any atom is 0.417 e. The summed E-state index contributed by atoms with van der Waals surface area (Å²) in [7, 11) is -4.62. The van der Waals surface area contributed by atoms with Gasteiger partial charge in [-0.3, -0.25) is 4.72 Å². The van der Waals surface area contributed by atoms with Crippen molar-refractivity contribution < 1.29 is 31.5 Å². The number of anilines is 1. The first kappa shape index (κ1) is 16.2.